The van der Waals surface area contributed by atoms with E-state index in [0.29, 0.717) is 5.56 Å². The Kier molecular flexibility index (Phi) is 5.28. The van der Waals surface area contributed by atoms with Crippen molar-refractivity contribution in [2.24, 2.45) is 0 Å². The number of aryl methyl sites for hydroxylation is 1. The number of non-ortho nitro benzene ring substituents is 1. The summed E-state index contributed by atoms with van der Waals surface area (Å²) >= 11 is 0. The lowest BCUT2D eigenvalue weighted by Crippen LogP contribution is -2.29. The number of aliphatic hydroxyl groups excluding tert-OH is 1. The number of Topliss-reactive ketones (excluding diaryl/α,β-unsaturated/α-hetero) is 1. The molecule has 1 N–H and O–H groups in total. The number of anilines is 1. The van der Waals surface area contributed by atoms with Crippen molar-refractivity contribution < 1.29 is 24.0 Å². The summed E-state index contributed by atoms with van der Waals surface area (Å²) in [6.45, 7) is 1.84. The minimum absolute atomic E-state index is 0.0361. The molecule has 1 saturated heterocycles. The van der Waals surface area contributed by atoms with Crippen LogP contribution in [0.3, 0.4) is 0 Å². The molecule has 3 aromatic carbocycles. The Morgan fingerprint density at radius 3 is 2.38 bits per heavy atom. The summed E-state index contributed by atoms with van der Waals surface area (Å²) in [6, 6.07) is 16.3. The predicted molar refractivity (Wildman–Crippen MR) is 115 cm³/mol. The lowest BCUT2D eigenvalue weighted by atomic mass is 9.94. The van der Waals surface area contributed by atoms with Crippen molar-refractivity contribution >= 4 is 28.8 Å². The van der Waals surface area contributed by atoms with Crippen LogP contribution < -0.4 is 4.90 Å². The molecular formula is C24H17FN2O5. The molecule has 8 heteroatoms. The highest BCUT2D eigenvalue weighted by Gasteiger charge is 2.47. The second-order valence-electron chi connectivity index (χ2n) is 7.37. The highest BCUT2D eigenvalue weighted by Crippen LogP contribution is 2.42. The van der Waals surface area contributed by atoms with Gasteiger partial charge in [-0.15, -0.1) is 0 Å². The van der Waals surface area contributed by atoms with E-state index in [0.717, 1.165) is 11.6 Å². The fourth-order valence-corrected chi connectivity index (χ4v) is 3.78. The first kappa shape index (κ1) is 20.9. The molecular weight excluding hydrogens is 415 g/mol. The molecule has 1 fully saturated rings. The van der Waals surface area contributed by atoms with Crippen LogP contribution in [0.15, 0.2) is 78.4 Å². The van der Waals surface area contributed by atoms with Crippen LogP contribution in [0.25, 0.3) is 5.76 Å². The van der Waals surface area contributed by atoms with E-state index in [2.05, 4.69) is 0 Å². The molecule has 1 aliphatic rings. The fraction of sp³-hybridized carbons (Fsp3) is 0.0833. The molecule has 32 heavy (non-hydrogen) atoms. The van der Waals surface area contributed by atoms with Crippen molar-refractivity contribution in [1.82, 2.24) is 0 Å². The van der Waals surface area contributed by atoms with Crippen molar-refractivity contribution in [2.75, 3.05) is 4.90 Å². The van der Waals surface area contributed by atoms with Crippen LogP contribution in [0.5, 0.6) is 0 Å². The second kappa shape index (κ2) is 8.07. The van der Waals surface area contributed by atoms with Gasteiger partial charge in [-0.3, -0.25) is 24.6 Å². The highest BCUT2D eigenvalue weighted by atomic mass is 19.1. The van der Waals surface area contributed by atoms with Gasteiger partial charge >= 0.3 is 0 Å². The van der Waals surface area contributed by atoms with Crippen molar-refractivity contribution in [1.29, 1.82) is 0 Å². The van der Waals surface area contributed by atoms with E-state index in [1.165, 1.54) is 47.4 Å². The molecule has 1 heterocycles. The molecule has 1 aliphatic heterocycles. The smallest absolute Gasteiger partial charge is 0.300 e. The number of hydrogen-bond donors (Lipinski definition) is 1. The third-order valence-electron chi connectivity index (χ3n) is 5.24. The standard InChI is InChI=1S/C24H17FN2O5/c1-14-4-2-5-15(12-14)21-20(22(28)16-6-3-7-19(13-16)27(31)32)23(29)24(30)26(21)18-10-8-17(25)9-11-18/h2-13,21,28H,1H3/b22-20-. The number of nitro groups is 1. The maximum atomic E-state index is 13.5. The van der Waals surface area contributed by atoms with Crippen molar-refractivity contribution in [3.63, 3.8) is 0 Å². The van der Waals surface area contributed by atoms with Gasteiger partial charge in [0.15, 0.2) is 0 Å². The lowest BCUT2D eigenvalue weighted by Gasteiger charge is -2.25. The van der Waals surface area contributed by atoms with Crippen molar-refractivity contribution in [3.05, 3.63) is 111 Å². The van der Waals surface area contributed by atoms with E-state index in [9.17, 15) is 29.2 Å². The van der Waals surface area contributed by atoms with Crippen molar-refractivity contribution in [2.45, 2.75) is 13.0 Å². The molecule has 1 unspecified atom stereocenters. The van der Waals surface area contributed by atoms with Gasteiger partial charge in [0.1, 0.15) is 11.6 Å². The Balaban J connectivity index is 1.95. The van der Waals surface area contributed by atoms with E-state index in [-0.39, 0.29) is 22.5 Å². The summed E-state index contributed by atoms with van der Waals surface area (Å²) in [5, 5.41) is 22.2. The number of hydrogen-bond acceptors (Lipinski definition) is 5. The first-order chi connectivity index (χ1) is 15.3. The van der Waals surface area contributed by atoms with Gasteiger partial charge in [-0.25, -0.2) is 4.39 Å². The molecule has 160 valence electrons. The van der Waals surface area contributed by atoms with E-state index in [1.807, 2.05) is 13.0 Å². The minimum Gasteiger partial charge on any atom is -0.507 e. The third-order valence-corrected chi connectivity index (χ3v) is 5.24. The number of benzene rings is 3. The SMILES string of the molecule is Cc1cccc(C2/C(=C(/O)c3cccc([N+](=O)[O-])c3)C(=O)C(=O)N2c2ccc(F)cc2)c1. The number of ketones is 1. The molecule has 0 radical (unpaired) electrons. The van der Waals surface area contributed by atoms with Gasteiger partial charge in [-0.2, -0.15) is 0 Å². The zero-order valence-electron chi connectivity index (χ0n) is 16.9. The van der Waals surface area contributed by atoms with Crippen LogP contribution in [-0.4, -0.2) is 21.7 Å². The molecule has 1 amide bonds. The van der Waals surface area contributed by atoms with E-state index in [1.54, 1.807) is 18.2 Å². The summed E-state index contributed by atoms with van der Waals surface area (Å²) in [5.74, 6) is -2.86. The van der Waals surface area contributed by atoms with Crippen LogP contribution >= 0.6 is 0 Å². The average Bonchev–Trinajstić information content (AvgIpc) is 3.04. The largest absolute Gasteiger partial charge is 0.507 e. The minimum atomic E-state index is -1.00. The van der Waals surface area contributed by atoms with Gasteiger partial charge in [-0.1, -0.05) is 42.0 Å². The molecule has 1 atom stereocenters. The molecule has 0 bridgehead atoms. The number of aliphatic hydroxyl groups is 1. The van der Waals surface area contributed by atoms with Crippen LogP contribution in [0.2, 0.25) is 0 Å². The van der Waals surface area contributed by atoms with Gasteiger partial charge in [-0.05, 0) is 36.8 Å². The molecule has 0 aromatic heterocycles. The van der Waals surface area contributed by atoms with Gasteiger partial charge in [0.05, 0.1) is 16.5 Å². The first-order valence-corrected chi connectivity index (χ1v) is 9.66. The molecule has 4 rings (SSSR count). The summed E-state index contributed by atoms with van der Waals surface area (Å²) in [4.78, 5) is 37.8. The Bertz CT molecular complexity index is 1280. The summed E-state index contributed by atoms with van der Waals surface area (Å²) in [7, 11) is 0. The summed E-state index contributed by atoms with van der Waals surface area (Å²) in [6.07, 6.45) is 0. The Morgan fingerprint density at radius 1 is 1.03 bits per heavy atom. The summed E-state index contributed by atoms with van der Waals surface area (Å²) < 4.78 is 13.5. The molecule has 0 saturated carbocycles. The lowest BCUT2D eigenvalue weighted by molar-refractivity contribution is -0.384. The maximum absolute atomic E-state index is 13.5. The number of nitrogens with zero attached hydrogens (tertiary/aromatic N) is 2. The zero-order chi connectivity index (χ0) is 23.0. The fourth-order valence-electron chi connectivity index (χ4n) is 3.78. The van der Waals surface area contributed by atoms with Gasteiger partial charge < -0.3 is 5.11 Å². The monoisotopic (exact) mass is 432 g/mol. The maximum Gasteiger partial charge on any atom is 0.300 e. The molecule has 3 aromatic rings. The number of carbonyl (C=O) groups excluding carboxylic acids is 2. The Labute approximate surface area is 182 Å². The third kappa shape index (κ3) is 3.62. The molecule has 7 nitrogen and oxygen atoms in total. The van der Waals surface area contributed by atoms with Crippen LogP contribution in [0, 0.1) is 22.9 Å². The predicted octanol–water partition coefficient (Wildman–Crippen LogP) is 4.67. The summed E-state index contributed by atoms with van der Waals surface area (Å²) in [5.41, 5.74) is 1.26. The Hall–Kier alpha value is -4.33. The van der Waals surface area contributed by atoms with E-state index in [4.69, 9.17) is 0 Å². The van der Waals surface area contributed by atoms with Crippen LogP contribution in [0.4, 0.5) is 15.8 Å². The normalized spacial score (nSPS) is 17.6. The topological polar surface area (TPSA) is 101 Å². The highest BCUT2D eigenvalue weighted by molar-refractivity contribution is 6.51. The van der Waals surface area contributed by atoms with Crippen LogP contribution in [0.1, 0.15) is 22.7 Å². The zero-order valence-corrected chi connectivity index (χ0v) is 16.9. The number of halogens is 1. The number of nitro benzene ring substituents is 1. The van der Waals surface area contributed by atoms with Crippen molar-refractivity contribution in [3.8, 4) is 0 Å². The Morgan fingerprint density at radius 2 is 1.72 bits per heavy atom. The van der Waals surface area contributed by atoms with E-state index < -0.39 is 34.2 Å². The number of rotatable bonds is 4. The number of carbonyl (C=O) groups is 2. The van der Waals surface area contributed by atoms with Crippen LogP contribution in [-0.2, 0) is 9.59 Å². The number of amides is 1. The quantitative estimate of drug-likeness (QED) is 0.212. The van der Waals surface area contributed by atoms with Gasteiger partial charge in [0.25, 0.3) is 17.4 Å². The first-order valence-electron chi connectivity index (χ1n) is 9.66. The van der Waals surface area contributed by atoms with Gasteiger partial charge in [0.2, 0.25) is 0 Å². The van der Waals surface area contributed by atoms with E-state index >= 15 is 0 Å². The van der Waals surface area contributed by atoms with Gasteiger partial charge in [0, 0.05) is 23.4 Å². The molecule has 0 spiro atoms. The average molecular weight is 432 g/mol. The second-order valence-corrected chi connectivity index (χ2v) is 7.37. The molecule has 0 aliphatic carbocycles.